The van der Waals surface area contributed by atoms with E-state index in [4.69, 9.17) is 11.6 Å². The molecule has 0 bridgehead atoms. The van der Waals surface area contributed by atoms with Crippen LogP contribution < -0.4 is 16.9 Å². The predicted molar refractivity (Wildman–Crippen MR) is 51.0 cm³/mol. The van der Waals surface area contributed by atoms with Gasteiger partial charge in [-0.15, -0.1) is 10.2 Å². The van der Waals surface area contributed by atoms with Gasteiger partial charge in [-0.1, -0.05) is 5.21 Å². The molecule has 9 heteroatoms. The third-order valence-corrected chi connectivity index (χ3v) is 1.65. The molecule has 15 heavy (non-hydrogen) atoms. The number of aromatic amines is 1. The van der Waals surface area contributed by atoms with Crippen LogP contribution in [0.2, 0.25) is 0 Å². The van der Waals surface area contributed by atoms with Crippen molar-refractivity contribution in [2.24, 2.45) is 11.6 Å². The first-order chi connectivity index (χ1) is 7.24. The van der Waals surface area contributed by atoms with Gasteiger partial charge < -0.3 is 11.1 Å². The topological polar surface area (TPSA) is 139 Å². The van der Waals surface area contributed by atoms with Crippen molar-refractivity contribution >= 4 is 6.03 Å². The number of H-pyrrole nitrogens is 1. The molecule has 1 rings (SSSR count). The summed E-state index contributed by atoms with van der Waals surface area (Å²) in [6.45, 7) is 1.09. The molecule has 0 aliphatic carbocycles. The Bertz CT molecular complexity index is 285. The largest absolute Gasteiger partial charge is 0.331 e. The maximum Gasteiger partial charge on any atom is 0.331 e. The Hall–Kier alpha value is -1.74. The van der Waals surface area contributed by atoms with E-state index in [0.717, 1.165) is 5.01 Å². The number of tetrazole rings is 1. The Labute approximate surface area is 86.2 Å². The molecule has 0 aliphatic heterocycles. The van der Waals surface area contributed by atoms with Gasteiger partial charge in [0.05, 0.1) is 6.54 Å². The van der Waals surface area contributed by atoms with E-state index in [-0.39, 0.29) is 6.54 Å². The quantitative estimate of drug-likeness (QED) is 0.252. The van der Waals surface area contributed by atoms with E-state index in [0.29, 0.717) is 25.3 Å². The van der Waals surface area contributed by atoms with Crippen LogP contribution in [0.15, 0.2) is 0 Å². The van der Waals surface area contributed by atoms with Gasteiger partial charge in [-0.3, -0.25) is 5.01 Å². The fourth-order valence-electron chi connectivity index (χ4n) is 0.877. The van der Waals surface area contributed by atoms with E-state index in [2.05, 4.69) is 25.9 Å². The number of nitrogens with one attached hydrogen (secondary N) is 2. The Morgan fingerprint density at radius 1 is 1.60 bits per heavy atom. The number of hydrazine groups is 1. The maximum atomic E-state index is 11.3. The number of nitrogens with zero attached hydrogens (tertiary/aromatic N) is 4. The van der Waals surface area contributed by atoms with Crippen molar-refractivity contribution in [2.75, 3.05) is 13.1 Å². The fourth-order valence-corrected chi connectivity index (χ4v) is 0.877. The highest BCUT2D eigenvalue weighted by Crippen LogP contribution is 1.86. The molecule has 1 aromatic heterocycles. The minimum atomic E-state index is -0.395. The fraction of sp³-hybridized carbons (Fsp3) is 0.667. The van der Waals surface area contributed by atoms with Crippen LogP contribution in [0.5, 0.6) is 0 Å². The average molecular weight is 214 g/mol. The lowest BCUT2D eigenvalue weighted by Crippen LogP contribution is -2.45. The van der Waals surface area contributed by atoms with Crippen LogP contribution in [-0.4, -0.2) is 44.8 Å². The zero-order chi connectivity index (χ0) is 11.1. The van der Waals surface area contributed by atoms with Crippen molar-refractivity contribution in [3.63, 3.8) is 0 Å². The molecule has 0 saturated heterocycles. The van der Waals surface area contributed by atoms with Gasteiger partial charge in [0.25, 0.3) is 0 Å². The van der Waals surface area contributed by atoms with E-state index in [9.17, 15) is 4.79 Å². The summed E-state index contributed by atoms with van der Waals surface area (Å²) >= 11 is 0. The van der Waals surface area contributed by atoms with E-state index in [1.54, 1.807) is 0 Å². The van der Waals surface area contributed by atoms with Gasteiger partial charge in [-0.2, -0.15) is 5.21 Å². The number of carbonyl (C=O) groups is 1. The smallest absolute Gasteiger partial charge is 0.330 e. The van der Waals surface area contributed by atoms with Crippen molar-refractivity contribution in [1.82, 2.24) is 30.9 Å². The highest BCUT2D eigenvalue weighted by atomic mass is 16.2. The molecule has 0 spiro atoms. The Morgan fingerprint density at radius 3 is 3.00 bits per heavy atom. The summed E-state index contributed by atoms with van der Waals surface area (Å²) in [7, 11) is 0. The van der Waals surface area contributed by atoms with E-state index in [1.807, 2.05) is 0 Å². The first kappa shape index (κ1) is 11.3. The lowest BCUT2D eigenvalue weighted by atomic mass is 10.4. The first-order valence-corrected chi connectivity index (χ1v) is 4.46. The number of rotatable bonds is 5. The van der Waals surface area contributed by atoms with Crippen molar-refractivity contribution in [2.45, 2.75) is 13.0 Å². The average Bonchev–Trinajstić information content (AvgIpc) is 2.75. The van der Waals surface area contributed by atoms with E-state index >= 15 is 0 Å². The molecule has 84 valence electrons. The Morgan fingerprint density at radius 2 is 2.40 bits per heavy atom. The van der Waals surface area contributed by atoms with Gasteiger partial charge in [0.15, 0.2) is 5.82 Å². The van der Waals surface area contributed by atoms with Crippen molar-refractivity contribution in [3.8, 4) is 0 Å². The Balaban J connectivity index is 2.23. The summed E-state index contributed by atoms with van der Waals surface area (Å²) in [4.78, 5) is 11.3. The molecule has 6 N–H and O–H groups in total. The number of urea groups is 1. The minimum Gasteiger partial charge on any atom is -0.330 e. The zero-order valence-corrected chi connectivity index (χ0v) is 8.18. The minimum absolute atomic E-state index is 0.186. The molecule has 0 fully saturated rings. The summed E-state index contributed by atoms with van der Waals surface area (Å²) in [6, 6.07) is -0.395. The second kappa shape index (κ2) is 5.88. The molecule has 0 aliphatic rings. The number of carbonyl (C=O) groups excluding carboxylic acids is 1. The molecule has 0 unspecified atom stereocenters. The SMILES string of the molecule is NCCCN(N)C(=O)NCc1nn[nH]n1. The first-order valence-electron chi connectivity index (χ1n) is 4.46. The molecular weight excluding hydrogens is 200 g/mol. The lowest BCUT2D eigenvalue weighted by molar-refractivity contribution is 0.198. The molecule has 0 saturated carbocycles. The third kappa shape index (κ3) is 3.87. The summed E-state index contributed by atoms with van der Waals surface area (Å²) < 4.78 is 0. The normalized spacial score (nSPS) is 10.0. The van der Waals surface area contributed by atoms with Crippen LogP contribution >= 0.6 is 0 Å². The summed E-state index contributed by atoms with van der Waals surface area (Å²) in [5.41, 5.74) is 5.28. The van der Waals surface area contributed by atoms with Crippen LogP contribution in [-0.2, 0) is 6.54 Å². The highest BCUT2D eigenvalue weighted by Gasteiger charge is 2.08. The molecule has 0 radical (unpaired) electrons. The van der Waals surface area contributed by atoms with Gasteiger partial charge in [0.1, 0.15) is 0 Å². The molecule has 0 aromatic carbocycles. The van der Waals surface area contributed by atoms with Gasteiger partial charge in [0.2, 0.25) is 0 Å². The van der Waals surface area contributed by atoms with E-state index in [1.165, 1.54) is 0 Å². The van der Waals surface area contributed by atoms with Gasteiger partial charge in [0, 0.05) is 6.54 Å². The second-order valence-corrected chi connectivity index (χ2v) is 2.82. The van der Waals surface area contributed by atoms with Crippen molar-refractivity contribution in [3.05, 3.63) is 5.82 Å². The number of nitrogens with two attached hydrogens (primary N) is 2. The predicted octanol–water partition coefficient (Wildman–Crippen LogP) is -2.07. The van der Waals surface area contributed by atoms with Crippen LogP contribution in [0.4, 0.5) is 4.79 Å². The molecule has 1 heterocycles. The van der Waals surface area contributed by atoms with Crippen LogP contribution in [0.3, 0.4) is 0 Å². The number of hydrogen-bond acceptors (Lipinski definition) is 6. The number of amides is 2. The number of hydrogen-bond donors (Lipinski definition) is 4. The maximum absolute atomic E-state index is 11.3. The van der Waals surface area contributed by atoms with Crippen LogP contribution in [0, 0.1) is 0 Å². The monoisotopic (exact) mass is 214 g/mol. The third-order valence-electron chi connectivity index (χ3n) is 1.65. The zero-order valence-electron chi connectivity index (χ0n) is 8.18. The van der Waals surface area contributed by atoms with Gasteiger partial charge in [-0.25, -0.2) is 10.6 Å². The highest BCUT2D eigenvalue weighted by molar-refractivity contribution is 5.73. The molecule has 0 atom stereocenters. The molecular formula is C6H14N8O. The summed E-state index contributed by atoms with van der Waals surface area (Å²) in [6.07, 6.45) is 0.659. The molecule has 9 nitrogen and oxygen atoms in total. The van der Waals surface area contributed by atoms with Crippen molar-refractivity contribution in [1.29, 1.82) is 0 Å². The van der Waals surface area contributed by atoms with Crippen molar-refractivity contribution < 1.29 is 4.79 Å². The van der Waals surface area contributed by atoms with Crippen LogP contribution in [0.25, 0.3) is 0 Å². The Kier molecular flexibility index (Phi) is 4.44. The molecule has 1 aromatic rings. The van der Waals surface area contributed by atoms with Gasteiger partial charge >= 0.3 is 6.03 Å². The molecule has 2 amide bonds. The summed E-state index contributed by atoms with van der Waals surface area (Å²) in [5, 5.41) is 16.5. The van der Waals surface area contributed by atoms with Gasteiger partial charge in [-0.05, 0) is 13.0 Å². The number of aromatic nitrogens is 4. The standard InChI is InChI=1S/C6H14N8O/c7-2-1-3-14(8)6(15)9-4-5-10-12-13-11-5/h1-4,7-8H2,(H,9,15)(H,10,11,12,13). The van der Waals surface area contributed by atoms with Crippen LogP contribution in [0.1, 0.15) is 12.2 Å². The van der Waals surface area contributed by atoms with E-state index < -0.39 is 6.03 Å². The lowest BCUT2D eigenvalue weighted by Gasteiger charge is -2.15. The summed E-state index contributed by atoms with van der Waals surface area (Å²) in [5.74, 6) is 5.84. The second-order valence-electron chi connectivity index (χ2n) is 2.82.